The van der Waals surface area contributed by atoms with Gasteiger partial charge in [-0.05, 0) is 36.8 Å². The molecule has 0 aliphatic rings. The number of ketones is 1. The van der Waals surface area contributed by atoms with Crippen LogP contribution in [0, 0.1) is 0 Å². The minimum atomic E-state index is 0.00481. The van der Waals surface area contributed by atoms with E-state index >= 15 is 0 Å². The molecule has 2 N–H and O–H groups in total. The van der Waals surface area contributed by atoms with E-state index in [9.17, 15) is 4.79 Å². The molecule has 2 aromatic heterocycles. The van der Waals surface area contributed by atoms with Gasteiger partial charge in [0.15, 0.2) is 11.4 Å². The number of hydrogen-bond acceptors (Lipinski definition) is 3. The number of carbonyl (C=O) groups excluding carboxylic acids is 1. The summed E-state index contributed by atoms with van der Waals surface area (Å²) in [6.07, 6.45) is 3.33. The molecule has 0 unspecified atom stereocenters. The summed E-state index contributed by atoms with van der Waals surface area (Å²) >= 11 is 9.46. The molecule has 0 atom stereocenters. The van der Waals surface area contributed by atoms with Gasteiger partial charge in [0.1, 0.15) is 0 Å². The second-order valence-corrected chi connectivity index (χ2v) is 6.11. The molecular formula is C15H11BrClN3O. The van der Waals surface area contributed by atoms with Crippen molar-refractivity contribution in [1.29, 1.82) is 0 Å². The van der Waals surface area contributed by atoms with Crippen molar-refractivity contribution in [3.63, 3.8) is 0 Å². The van der Waals surface area contributed by atoms with Gasteiger partial charge in [0, 0.05) is 33.4 Å². The Morgan fingerprint density at radius 3 is 2.81 bits per heavy atom. The molecular weight excluding hydrogens is 354 g/mol. The van der Waals surface area contributed by atoms with E-state index in [-0.39, 0.29) is 5.78 Å². The fourth-order valence-corrected chi connectivity index (χ4v) is 2.94. The van der Waals surface area contributed by atoms with Crippen LogP contribution in [0.2, 0.25) is 5.02 Å². The molecule has 3 rings (SSSR count). The predicted octanol–water partition coefficient (Wildman–Crippen LogP) is 4.04. The number of carbonyl (C=O) groups is 1. The number of Topliss-reactive ketones (excluding diaryl/α,β-unsaturated/α-hetero) is 1. The first-order valence-corrected chi connectivity index (χ1v) is 7.36. The molecule has 2 heterocycles. The van der Waals surface area contributed by atoms with E-state index in [4.69, 9.17) is 17.4 Å². The van der Waals surface area contributed by atoms with Crippen LogP contribution in [0.15, 0.2) is 41.1 Å². The van der Waals surface area contributed by atoms with Crippen molar-refractivity contribution >= 4 is 44.3 Å². The lowest BCUT2D eigenvalue weighted by Crippen LogP contribution is -2.06. The van der Waals surface area contributed by atoms with Crippen LogP contribution in [0.3, 0.4) is 0 Å². The zero-order valence-electron chi connectivity index (χ0n) is 11.1. The van der Waals surface area contributed by atoms with Gasteiger partial charge in [-0.3, -0.25) is 9.47 Å². The summed E-state index contributed by atoms with van der Waals surface area (Å²) in [5, 5.41) is 1.38. The number of halogens is 2. The van der Waals surface area contributed by atoms with Gasteiger partial charge in [-0.25, -0.2) is 4.98 Å². The third-order valence-corrected chi connectivity index (χ3v) is 3.92. The molecule has 0 saturated carbocycles. The molecule has 3 aromatic rings. The number of nitrogens with zero attached hydrogens (tertiary/aromatic N) is 2. The molecule has 21 heavy (non-hydrogen) atoms. The van der Waals surface area contributed by atoms with Crippen LogP contribution < -0.4 is 5.84 Å². The minimum absolute atomic E-state index is 0.00481. The standard InChI is InChI=1S/C15H11BrClN3O/c1-8(21)9-2-10(4-11(16)3-9)14-7-20(18)15-13(14)5-12(17)6-19-15/h2-7H,18H2,1H3. The van der Waals surface area contributed by atoms with Crippen molar-refractivity contribution in [3.8, 4) is 11.1 Å². The molecule has 0 saturated heterocycles. The van der Waals surface area contributed by atoms with Crippen molar-refractivity contribution in [2.24, 2.45) is 0 Å². The number of pyridine rings is 1. The third-order valence-electron chi connectivity index (χ3n) is 3.25. The third kappa shape index (κ3) is 2.54. The maximum absolute atomic E-state index is 11.6. The van der Waals surface area contributed by atoms with Gasteiger partial charge in [-0.1, -0.05) is 27.5 Å². The normalized spacial score (nSPS) is 11.0. The summed E-state index contributed by atoms with van der Waals surface area (Å²) in [6.45, 7) is 1.54. The van der Waals surface area contributed by atoms with E-state index in [2.05, 4.69) is 20.9 Å². The van der Waals surface area contributed by atoms with Crippen molar-refractivity contribution < 1.29 is 4.79 Å². The second kappa shape index (κ2) is 5.16. The molecule has 0 amide bonds. The first kappa shape index (κ1) is 14.1. The van der Waals surface area contributed by atoms with Crippen molar-refractivity contribution in [1.82, 2.24) is 9.66 Å². The molecule has 0 aliphatic carbocycles. The number of hydrogen-bond donors (Lipinski definition) is 1. The Hall–Kier alpha value is -1.85. The van der Waals surface area contributed by atoms with E-state index in [0.717, 1.165) is 21.0 Å². The van der Waals surface area contributed by atoms with Crippen LogP contribution in [0.4, 0.5) is 0 Å². The van der Waals surface area contributed by atoms with Gasteiger partial charge in [-0.15, -0.1) is 0 Å². The van der Waals surface area contributed by atoms with Crippen molar-refractivity contribution in [2.75, 3.05) is 5.84 Å². The summed E-state index contributed by atoms with van der Waals surface area (Å²) in [7, 11) is 0. The van der Waals surface area contributed by atoms with Crippen molar-refractivity contribution in [2.45, 2.75) is 6.92 Å². The van der Waals surface area contributed by atoms with Crippen LogP contribution >= 0.6 is 27.5 Å². The fourth-order valence-electron chi connectivity index (χ4n) is 2.28. The summed E-state index contributed by atoms with van der Waals surface area (Å²) in [6, 6.07) is 7.38. The Balaban J connectivity index is 2.30. The van der Waals surface area contributed by atoms with Crippen LogP contribution in [0.25, 0.3) is 22.2 Å². The van der Waals surface area contributed by atoms with Crippen LogP contribution in [0.5, 0.6) is 0 Å². The Bertz CT molecular complexity index is 873. The maximum atomic E-state index is 11.6. The van der Waals surface area contributed by atoms with Gasteiger partial charge >= 0.3 is 0 Å². The van der Waals surface area contributed by atoms with E-state index in [1.54, 1.807) is 18.5 Å². The first-order valence-electron chi connectivity index (χ1n) is 6.19. The number of rotatable bonds is 2. The van der Waals surface area contributed by atoms with Crippen LogP contribution in [-0.2, 0) is 0 Å². The summed E-state index contributed by atoms with van der Waals surface area (Å²) in [5.41, 5.74) is 3.03. The van der Waals surface area contributed by atoms with E-state index in [1.165, 1.54) is 11.6 Å². The quantitative estimate of drug-likeness (QED) is 0.551. The summed E-state index contributed by atoms with van der Waals surface area (Å²) in [5.74, 6) is 5.94. The molecule has 0 fully saturated rings. The van der Waals surface area contributed by atoms with Crippen LogP contribution in [0.1, 0.15) is 17.3 Å². The van der Waals surface area contributed by atoms with Gasteiger partial charge in [0.2, 0.25) is 0 Å². The molecule has 4 nitrogen and oxygen atoms in total. The number of fused-ring (bicyclic) bond motifs is 1. The smallest absolute Gasteiger partial charge is 0.159 e. The van der Waals surface area contributed by atoms with E-state index < -0.39 is 0 Å². The zero-order chi connectivity index (χ0) is 15.1. The van der Waals surface area contributed by atoms with Gasteiger partial charge in [-0.2, -0.15) is 0 Å². The van der Waals surface area contributed by atoms with Gasteiger partial charge in [0.05, 0.1) is 5.02 Å². The lowest BCUT2D eigenvalue weighted by atomic mass is 10.0. The number of benzene rings is 1. The molecule has 0 bridgehead atoms. The highest BCUT2D eigenvalue weighted by atomic mass is 79.9. The number of nitrogen functional groups attached to an aromatic ring is 1. The molecule has 1 aromatic carbocycles. The summed E-state index contributed by atoms with van der Waals surface area (Å²) in [4.78, 5) is 15.9. The van der Waals surface area contributed by atoms with Crippen LogP contribution in [-0.4, -0.2) is 15.4 Å². The van der Waals surface area contributed by atoms with Crippen molar-refractivity contribution in [3.05, 3.63) is 51.7 Å². The minimum Gasteiger partial charge on any atom is -0.338 e. The monoisotopic (exact) mass is 363 g/mol. The highest BCUT2D eigenvalue weighted by molar-refractivity contribution is 9.10. The van der Waals surface area contributed by atoms with Gasteiger partial charge in [0.25, 0.3) is 0 Å². The maximum Gasteiger partial charge on any atom is 0.159 e. The van der Waals surface area contributed by atoms with E-state index in [0.29, 0.717) is 16.2 Å². The topological polar surface area (TPSA) is 60.9 Å². The largest absolute Gasteiger partial charge is 0.338 e. The van der Waals surface area contributed by atoms with Gasteiger partial charge < -0.3 is 5.84 Å². The average Bonchev–Trinajstić information content (AvgIpc) is 2.74. The average molecular weight is 365 g/mol. The second-order valence-electron chi connectivity index (χ2n) is 4.76. The first-order chi connectivity index (χ1) is 9.95. The zero-order valence-corrected chi connectivity index (χ0v) is 13.4. The lowest BCUT2D eigenvalue weighted by Gasteiger charge is -2.04. The Morgan fingerprint density at radius 2 is 2.10 bits per heavy atom. The Labute approximate surface area is 134 Å². The highest BCUT2D eigenvalue weighted by Crippen LogP contribution is 2.32. The summed E-state index contributed by atoms with van der Waals surface area (Å²) < 4.78 is 2.29. The number of aromatic nitrogens is 2. The predicted molar refractivity (Wildman–Crippen MR) is 88.0 cm³/mol. The number of nitrogens with two attached hydrogens (primary N) is 1. The Kier molecular flexibility index (Phi) is 3.47. The molecule has 6 heteroatoms. The molecule has 0 spiro atoms. The Morgan fingerprint density at radius 1 is 1.33 bits per heavy atom. The molecule has 0 radical (unpaired) electrons. The molecule has 0 aliphatic heterocycles. The molecule has 106 valence electrons. The lowest BCUT2D eigenvalue weighted by molar-refractivity contribution is 0.101. The highest BCUT2D eigenvalue weighted by Gasteiger charge is 2.13. The SMILES string of the molecule is CC(=O)c1cc(Br)cc(-c2cn(N)c3ncc(Cl)cc23)c1. The fraction of sp³-hybridized carbons (Fsp3) is 0.0667. The van der Waals surface area contributed by atoms with E-state index in [1.807, 2.05) is 18.2 Å².